The molecule has 3 aromatic rings. The van der Waals surface area contributed by atoms with E-state index in [0.29, 0.717) is 29.2 Å². The fourth-order valence-electron chi connectivity index (χ4n) is 3.48. The second kappa shape index (κ2) is 8.20. The average molecular weight is 420 g/mol. The van der Waals surface area contributed by atoms with Crippen molar-refractivity contribution in [2.45, 2.75) is 42.6 Å². The third-order valence-corrected chi connectivity index (χ3v) is 5.94. The third-order valence-electron chi connectivity index (χ3n) is 4.92. The molecule has 4 rings (SSSR count). The summed E-state index contributed by atoms with van der Waals surface area (Å²) in [6, 6.07) is 12.5. The molecule has 1 unspecified atom stereocenters. The molecule has 0 N–H and O–H groups in total. The Hall–Kier alpha value is -2.32. The number of rotatable bonds is 5. The van der Waals surface area contributed by atoms with Crippen molar-refractivity contribution in [2.75, 3.05) is 6.61 Å². The molecular formula is C21H19F3N2O2S. The second-order valence-electron chi connectivity index (χ2n) is 6.91. The monoisotopic (exact) mass is 420 g/mol. The first-order valence-corrected chi connectivity index (χ1v) is 10.3. The number of ether oxygens (including phenoxy) is 1. The van der Waals surface area contributed by atoms with E-state index in [-0.39, 0.29) is 23.0 Å². The molecule has 8 heteroatoms. The predicted molar refractivity (Wildman–Crippen MR) is 106 cm³/mol. The third kappa shape index (κ3) is 4.33. The molecule has 0 saturated carbocycles. The number of aromatic nitrogens is 2. The van der Waals surface area contributed by atoms with E-state index in [9.17, 15) is 18.0 Å². The van der Waals surface area contributed by atoms with Gasteiger partial charge in [-0.25, -0.2) is 4.98 Å². The molecule has 0 bridgehead atoms. The number of fused-ring (bicyclic) bond motifs is 1. The maximum absolute atomic E-state index is 13.3. The Morgan fingerprint density at radius 1 is 1.14 bits per heavy atom. The lowest BCUT2D eigenvalue weighted by Crippen LogP contribution is -2.28. The van der Waals surface area contributed by atoms with Crippen LogP contribution >= 0.6 is 11.8 Å². The van der Waals surface area contributed by atoms with Gasteiger partial charge in [0.25, 0.3) is 5.56 Å². The van der Waals surface area contributed by atoms with Gasteiger partial charge in [0.15, 0.2) is 5.16 Å². The molecule has 1 aliphatic heterocycles. The highest BCUT2D eigenvalue weighted by molar-refractivity contribution is 7.98. The molecule has 1 aliphatic rings. The molecule has 1 saturated heterocycles. The number of nitrogens with zero attached hydrogens (tertiary/aromatic N) is 2. The highest BCUT2D eigenvalue weighted by Crippen LogP contribution is 2.34. The van der Waals surface area contributed by atoms with E-state index in [0.717, 1.165) is 30.7 Å². The zero-order valence-electron chi connectivity index (χ0n) is 15.5. The van der Waals surface area contributed by atoms with Gasteiger partial charge in [-0.1, -0.05) is 42.1 Å². The summed E-state index contributed by atoms with van der Waals surface area (Å²) >= 11 is 1.14. The van der Waals surface area contributed by atoms with Crippen molar-refractivity contribution in [3.8, 4) is 0 Å². The Kier molecular flexibility index (Phi) is 5.65. The smallest absolute Gasteiger partial charge is 0.376 e. The maximum Gasteiger partial charge on any atom is 0.416 e. The Bertz CT molecular complexity index is 1080. The summed E-state index contributed by atoms with van der Waals surface area (Å²) in [5, 5.41) is 0.895. The SMILES string of the molecule is O=c1c2ccccc2nc(SCc2ccccc2C(F)(F)F)n1CC1CCCO1. The molecule has 1 fully saturated rings. The van der Waals surface area contributed by atoms with Crippen molar-refractivity contribution in [1.82, 2.24) is 9.55 Å². The minimum atomic E-state index is -4.43. The number of hydrogen-bond acceptors (Lipinski definition) is 4. The highest BCUT2D eigenvalue weighted by atomic mass is 32.2. The number of benzene rings is 2. The molecule has 1 atom stereocenters. The Morgan fingerprint density at radius 3 is 2.66 bits per heavy atom. The number of alkyl halides is 3. The summed E-state index contributed by atoms with van der Waals surface area (Å²) in [6.07, 6.45) is -2.73. The summed E-state index contributed by atoms with van der Waals surface area (Å²) in [4.78, 5) is 17.6. The van der Waals surface area contributed by atoms with Crippen molar-refractivity contribution >= 4 is 22.7 Å². The Labute approximate surface area is 169 Å². The van der Waals surface area contributed by atoms with Gasteiger partial charge < -0.3 is 4.74 Å². The second-order valence-corrected chi connectivity index (χ2v) is 7.85. The van der Waals surface area contributed by atoms with Crippen LogP contribution in [0.2, 0.25) is 0 Å². The van der Waals surface area contributed by atoms with Crippen molar-refractivity contribution in [3.05, 3.63) is 70.0 Å². The minimum Gasteiger partial charge on any atom is -0.376 e. The van der Waals surface area contributed by atoms with E-state index < -0.39 is 11.7 Å². The summed E-state index contributed by atoms with van der Waals surface area (Å²) in [6.45, 7) is 1.00. The molecule has 0 amide bonds. The van der Waals surface area contributed by atoms with Crippen molar-refractivity contribution in [1.29, 1.82) is 0 Å². The van der Waals surface area contributed by atoms with Gasteiger partial charge in [-0.15, -0.1) is 0 Å². The van der Waals surface area contributed by atoms with Crippen LogP contribution in [0, 0.1) is 0 Å². The van der Waals surface area contributed by atoms with Gasteiger partial charge in [0.2, 0.25) is 0 Å². The highest BCUT2D eigenvalue weighted by Gasteiger charge is 2.33. The lowest BCUT2D eigenvalue weighted by atomic mass is 10.1. The van der Waals surface area contributed by atoms with Gasteiger partial charge >= 0.3 is 6.18 Å². The van der Waals surface area contributed by atoms with E-state index in [1.807, 2.05) is 0 Å². The summed E-state index contributed by atoms with van der Waals surface area (Å²) in [5.74, 6) is 0.0615. The predicted octanol–water partition coefficient (Wildman–Crippen LogP) is 4.89. The van der Waals surface area contributed by atoms with Crippen LogP contribution in [-0.2, 0) is 23.2 Å². The minimum absolute atomic E-state index is 0.0615. The molecule has 0 aliphatic carbocycles. The molecule has 152 valence electrons. The molecule has 29 heavy (non-hydrogen) atoms. The Morgan fingerprint density at radius 2 is 1.90 bits per heavy atom. The first-order valence-electron chi connectivity index (χ1n) is 9.32. The standard InChI is InChI=1S/C21H19F3N2O2S/c22-21(23,24)17-9-3-1-6-14(17)13-29-20-25-18-10-4-2-8-16(18)19(27)26(20)12-15-7-5-11-28-15/h1-4,6,8-10,15H,5,7,11-13H2. The Balaban J connectivity index is 1.70. The van der Waals surface area contributed by atoms with Gasteiger partial charge in [-0.3, -0.25) is 9.36 Å². The van der Waals surface area contributed by atoms with Gasteiger partial charge in [-0.05, 0) is 36.6 Å². The van der Waals surface area contributed by atoms with E-state index in [4.69, 9.17) is 4.74 Å². The van der Waals surface area contributed by atoms with Gasteiger partial charge in [0.05, 0.1) is 29.1 Å². The first kappa shape index (κ1) is 20.0. The van der Waals surface area contributed by atoms with Crippen LogP contribution < -0.4 is 5.56 Å². The van der Waals surface area contributed by atoms with Crippen LogP contribution in [0.3, 0.4) is 0 Å². The first-order chi connectivity index (χ1) is 13.9. The molecule has 2 aromatic carbocycles. The number of para-hydroxylation sites is 1. The van der Waals surface area contributed by atoms with E-state index >= 15 is 0 Å². The summed E-state index contributed by atoms with van der Waals surface area (Å²) in [7, 11) is 0. The van der Waals surface area contributed by atoms with E-state index in [1.165, 1.54) is 12.1 Å². The normalized spacial score (nSPS) is 17.1. The van der Waals surface area contributed by atoms with E-state index in [2.05, 4.69) is 4.98 Å². The fraction of sp³-hybridized carbons (Fsp3) is 0.333. The maximum atomic E-state index is 13.3. The van der Waals surface area contributed by atoms with Crippen LogP contribution in [0.15, 0.2) is 58.5 Å². The molecule has 1 aromatic heterocycles. The number of hydrogen-bond donors (Lipinski definition) is 0. The van der Waals surface area contributed by atoms with Crippen LogP contribution in [-0.4, -0.2) is 22.3 Å². The molecule has 0 spiro atoms. The van der Waals surface area contributed by atoms with Crippen molar-refractivity contribution in [2.24, 2.45) is 0 Å². The topological polar surface area (TPSA) is 44.1 Å². The number of thioether (sulfide) groups is 1. The van der Waals surface area contributed by atoms with Crippen LogP contribution in [0.1, 0.15) is 24.0 Å². The lowest BCUT2D eigenvalue weighted by Gasteiger charge is -2.17. The largest absolute Gasteiger partial charge is 0.416 e. The van der Waals surface area contributed by atoms with Crippen molar-refractivity contribution in [3.63, 3.8) is 0 Å². The van der Waals surface area contributed by atoms with Gasteiger partial charge in [0.1, 0.15) is 0 Å². The number of halogens is 3. The zero-order valence-corrected chi connectivity index (χ0v) is 16.3. The average Bonchev–Trinajstić information content (AvgIpc) is 3.22. The van der Waals surface area contributed by atoms with Crippen LogP contribution in [0.4, 0.5) is 13.2 Å². The zero-order chi connectivity index (χ0) is 20.4. The van der Waals surface area contributed by atoms with E-state index in [1.54, 1.807) is 34.9 Å². The molecule has 2 heterocycles. The van der Waals surface area contributed by atoms with Crippen molar-refractivity contribution < 1.29 is 17.9 Å². The molecule has 0 radical (unpaired) electrons. The summed E-state index contributed by atoms with van der Waals surface area (Å²) in [5.41, 5.74) is -0.164. The van der Waals surface area contributed by atoms with Gasteiger partial charge in [0, 0.05) is 12.4 Å². The van der Waals surface area contributed by atoms with Crippen LogP contribution in [0.25, 0.3) is 10.9 Å². The van der Waals surface area contributed by atoms with Crippen LogP contribution in [0.5, 0.6) is 0 Å². The molecule has 4 nitrogen and oxygen atoms in total. The fourth-order valence-corrected chi connectivity index (χ4v) is 4.49. The lowest BCUT2D eigenvalue weighted by molar-refractivity contribution is -0.138. The molecular weight excluding hydrogens is 401 g/mol. The summed E-state index contributed by atoms with van der Waals surface area (Å²) < 4.78 is 47.1. The quantitative estimate of drug-likeness (QED) is 0.436. The van der Waals surface area contributed by atoms with Gasteiger partial charge in [-0.2, -0.15) is 13.2 Å².